The number of esters is 1. The van der Waals surface area contributed by atoms with Gasteiger partial charge < -0.3 is 4.74 Å². The summed E-state index contributed by atoms with van der Waals surface area (Å²) in [4.78, 5) is 11.7. The number of unbranched alkanes of at least 4 members (excludes halogenated alkanes) is 2. The van der Waals surface area contributed by atoms with Crippen molar-refractivity contribution in [2.45, 2.75) is 25.7 Å². The fourth-order valence-electron chi connectivity index (χ4n) is 2.09. The Balaban J connectivity index is 1.59. The molecule has 3 heteroatoms. The van der Waals surface area contributed by atoms with Gasteiger partial charge in [-0.3, -0.25) is 0 Å². The molecular weight excluding hydrogens is 267 g/mol. The summed E-state index contributed by atoms with van der Waals surface area (Å²) in [6.45, 7) is 0.408. The van der Waals surface area contributed by atoms with Crippen molar-refractivity contribution in [3.63, 3.8) is 0 Å². The molecule has 0 aliphatic carbocycles. The highest BCUT2D eigenvalue weighted by Crippen LogP contribution is 2.08. The number of benzene rings is 2. The molecule has 2 rings (SSSR count). The summed E-state index contributed by atoms with van der Waals surface area (Å²) < 4.78 is 17.9. The molecule has 0 heterocycles. The van der Waals surface area contributed by atoms with Gasteiger partial charge in [0.05, 0.1) is 12.2 Å². The summed E-state index contributed by atoms with van der Waals surface area (Å²) in [6.07, 6.45) is 4.00. The molecule has 0 unspecified atom stereocenters. The highest BCUT2D eigenvalue weighted by atomic mass is 19.1. The number of rotatable bonds is 7. The normalized spacial score (nSPS) is 10.3. The van der Waals surface area contributed by atoms with Gasteiger partial charge in [0.25, 0.3) is 0 Å². The fourth-order valence-corrected chi connectivity index (χ4v) is 2.09. The van der Waals surface area contributed by atoms with Gasteiger partial charge in [0.15, 0.2) is 0 Å². The standard InChI is InChI=1S/C18H19FO2/c19-17-12-10-16(11-13-17)18(20)21-14-6-2-5-9-15-7-3-1-4-8-15/h1,3-4,7-8,10-13H,2,5-6,9,14H2. The molecule has 110 valence electrons. The van der Waals surface area contributed by atoms with E-state index in [1.165, 1.54) is 29.8 Å². The van der Waals surface area contributed by atoms with Crippen LogP contribution in [0, 0.1) is 5.82 Å². The molecule has 2 aromatic rings. The van der Waals surface area contributed by atoms with Gasteiger partial charge in [-0.15, -0.1) is 0 Å². The highest BCUT2D eigenvalue weighted by molar-refractivity contribution is 5.89. The van der Waals surface area contributed by atoms with Gasteiger partial charge in [-0.1, -0.05) is 30.3 Å². The van der Waals surface area contributed by atoms with Crippen molar-refractivity contribution >= 4 is 5.97 Å². The van der Waals surface area contributed by atoms with E-state index in [9.17, 15) is 9.18 Å². The van der Waals surface area contributed by atoms with Gasteiger partial charge in [0.1, 0.15) is 5.82 Å². The van der Waals surface area contributed by atoms with Crippen molar-refractivity contribution < 1.29 is 13.9 Å². The number of carbonyl (C=O) groups is 1. The smallest absolute Gasteiger partial charge is 0.338 e. The molecule has 0 saturated carbocycles. The van der Waals surface area contributed by atoms with E-state index in [1.54, 1.807) is 0 Å². The molecule has 0 aliphatic rings. The zero-order valence-corrected chi connectivity index (χ0v) is 11.9. The number of carbonyl (C=O) groups excluding carboxylic acids is 1. The van der Waals surface area contributed by atoms with Crippen LogP contribution in [-0.4, -0.2) is 12.6 Å². The maximum atomic E-state index is 12.7. The van der Waals surface area contributed by atoms with Gasteiger partial charge in [0.2, 0.25) is 0 Å². The van der Waals surface area contributed by atoms with Crippen LogP contribution in [-0.2, 0) is 11.2 Å². The van der Waals surface area contributed by atoms with Crippen molar-refractivity contribution in [1.29, 1.82) is 0 Å². The first kappa shape index (κ1) is 15.2. The molecule has 2 aromatic carbocycles. The monoisotopic (exact) mass is 286 g/mol. The van der Waals surface area contributed by atoms with Crippen LogP contribution >= 0.6 is 0 Å². The summed E-state index contributed by atoms with van der Waals surface area (Å²) in [5.41, 5.74) is 1.72. The largest absolute Gasteiger partial charge is 0.462 e. The first-order valence-electron chi connectivity index (χ1n) is 7.22. The van der Waals surface area contributed by atoms with Crippen LogP contribution in [0.3, 0.4) is 0 Å². The number of ether oxygens (including phenoxy) is 1. The fraction of sp³-hybridized carbons (Fsp3) is 0.278. The minimum atomic E-state index is -0.391. The summed E-state index contributed by atoms with van der Waals surface area (Å²) >= 11 is 0. The second-order valence-corrected chi connectivity index (χ2v) is 4.94. The number of hydrogen-bond acceptors (Lipinski definition) is 2. The molecule has 2 nitrogen and oxygen atoms in total. The summed E-state index contributed by atoms with van der Waals surface area (Å²) in [6, 6.07) is 15.7. The number of hydrogen-bond donors (Lipinski definition) is 0. The van der Waals surface area contributed by atoms with E-state index in [-0.39, 0.29) is 5.82 Å². The molecule has 0 aromatic heterocycles. The van der Waals surface area contributed by atoms with E-state index in [0.29, 0.717) is 12.2 Å². The lowest BCUT2D eigenvalue weighted by atomic mass is 10.1. The van der Waals surface area contributed by atoms with Crippen LogP contribution in [0.15, 0.2) is 54.6 Å². The van der Waals surface area contributed by atoms with Crippen LogP contribution in [0.5, 0.6) is 0 Å². The average molecular weight is 286 g/mol. The second kappa shape index (κ2) is 8.20. The van der Waals surface area contributed by atoms with Gasteiger partial charge in [0, 0.05) is 0 Å². The highest BCUT2D eigenvalue weighted by Gasteiger charge is 2.06. The van der Waals surface area contributed by atoms with Crippen molar-refractivity contribution in [3.05, 3.63) is 71.5 Å². The second-order valence-electron chi connectivity index (χ2n) is 4.94. The Bertz CT molecular complexity index is 549. The molecule has 21 heavy (non-hydrogen) atoms. The van der Waals surface area contributed by atoms with E-state index in [1.807, 2.05) is 18.2 Å². The lowest BCUT2D eigenvalue weighted by Crippen LogP contribution is -2.06. The third kappa shape index (κ3) is 5.38. The molecular formula is C18H19FO2. The zero-order valence-electron chi connectivity index (χ0n) is 11.9. The molecule has 0 bridgehead atoms. The van der Waals surface area contributed by atoms with E-state index in [0.717, 1.165) is 25.7 Å². The number of halogens is 1. The summed E-state index contributed by atoms with van der Waals surface area (Å²) in [5, 5.41) is 0. The molecule has 0 spiro atoms. The average Bonchev–Trinajstić information content (AvgIpc) is 2.52. The van der Waals surface area contributed by atoms with Gasteiger partial charge in [-0.05, 0) is 55.5 Å². The maximum absolute atomic E-state index is 12.7. The summed E-state index contributed by atoms with van der Waals surface area (Å²) in [7, 11) is 0. The Morgan fingerprint density at radius 3 is 2.33 bits per heavy atom. The van der Waals surface area contributed by atoms with E-state index in [4.69, 9.17) is 4.74 Å². The molecule has 0 saturated heterocycles. The maximum Gasteiger partial charge on any atom is 0.338 e. The van der Waals surface area contributed by atoms with Gasteiger partial charge >= 0.3 is 5.97 Å². The van der Waals surface area contributed by atoms with Crippen LogP contribution in [0.1, 0.15) is 35.2 Å². The molecule has 0 radical (unpaired) electrons. The Hall–Kier alpha value is -2.16. The third-order valence-corrected chi connectivity index (χ3v) is 3.27. The summed E-state index contributed by atoms with van der Waals surface area (Å²) in [5.74, 6) is -0.745. The van der Waals surface area contributed by atoms with Crippen LogP contribution in [0.4, 0.5) is 4.39 Å². The molecule has 0 fully saturated rings. The third-order valence-electron chi connectivity index (χ3n) is 3.27. The SMILES string of the molecule is O=C(OCCCCCc1ccccc1)c1ccc(F)cc1. The minimum absolute atomic E-state index is 0.354. The van der Waals surface area contributed by atoms with Crippen molar-refractivity contribution in [2.75, 3.05) is 6.61 Å². The number of aryl methyl sites for hydroxylation is 1. The quantitative estimate of drug-likeness (QED) is 0.557. The lowest BCUT2D eigenvalue weighted by molar-refractivity contribution is 0.0498. The van der Waals surface area contributed by atoms with Gasteiger partial charge in [-0.25, -0.2) is 9.18 Å². The van der Waals surface area contributed by atoms with E-state index in [2.05, 4.69) is 12.1 Å². The Morgan fingerprint density at radius 2 is 1.62 bits per heavy atom. The van der Waals surface area contributed by atoms with Gasteiger partial charge in [-0.2, -0.15) is 0 Å². The molecule has 0 atom stereocenters. The van der Waals surface area contributed by atoms with Crippen LogP contribution in [0.2, 0.25) is 0 Å². The van der Waals surface area contributed by atoms with Crippen LogP contribution < -0.4 is 0 Å². The first-order valence-corrected chi connectivity index (χ1v) is 7.22. The molecule has 0 N–H and O–H groups in total. The van der Waals surface area contributed by atoms with Crippen molar-refractivity contribution in [1.82, 2.24) is 0 Å². The van der Waals surface area contributed by atoms with E-state index >= 15 is 0 Å². The predicted octanol–water partition coefficient (Wildman–Crippen LogP) is 4.40. The van der Waals surface area contributed by atoms with Crippen LogP contribution in [0.25, 0.3) is 0 Å². The Kier molecular flexibility index (Phi) is 5.95. The first-order chi connectivity index (χ1) is 10.3. The molecule has 0 amide bonds. The van der Waals surface area contributed by atoms with Crippen molar-refractivity contribution in [3.8, 4) is 0 Å². The molecule has 0 aliphatic heterocycles. The Morgan fingerprint density at radius 1 is 0.905 bits per heavy atom. The zero-order chi connectivity index (χ0) is 14.9. The predicted molar refractivity (Wildman–Crippen MR) is 80.7 cm³/mol. The Labute approximate surface area is 124 Å². The van der Waals surface area contributed by atoms with E-state index < -0.39 is 5.97 Å². The minimum Gasteiger partial charge on any atom is -0.462 e. The topological polar surface area (TPSA) is 26.3 Å². The lowest BCUT2D eigenvalue weighted by Gasteiger charge is -2.05. The van der Waals surface area contributed by atoms with Crippen molar-refractivity contribution in [2.24, 2.45) is 0 Å².